The lowest BCUT2D eigenvalue weighted by atomic mass is 9.88. The number of carbonyl (C=O) groups is 2. The summed E-state index contributed by atoms with van der Waals surface area (Å²) in [5, 5.41) is 1.67. The standard InChI is InChI=1S/C24H27NO3/c26-23-19-13-7-12-18-21(28-17-10-5-2-6-11-17)15-14-20(22(18)19)24(27)25(23)16-8-3-1-4-9-16/h7,12-17H,1-6,8-11H2. The molecule has 2 amide bonds. The second kappa shape index (κ2) is 7.23. The Kier molecular flexibility index (Phi) is 4.58. The second-order valence-electron chi connectivity index (χ2n) is 8.49. The van der Waals surface area contributed by atoms with Crippen molar-refractivity contribution in [2.75, 3.05) is 0 Å². The minimum absolute atomic E-state index is 0.0373. The van der Waals surface area contributed by atoms with Gasteiger partial charge < -0.3 is 4.74 Å². The van der Waals surface area contributed by atoms with Crippen molar-refractivity contribution in [1.29, 1.82) is 0 Å². The third-order valence-corrected chi connectivity index (χ3v) is 6.68. The van der Waals surface area contributed by atoms with Crippen LogP contribution in [0.4, 0.5) is 0 Å². The lowest BCUT2D eigenvalue weighted by Crippen LogP contribution is -2.47. The molecular formula is C24H27NO3. The van der Waals surface area contributed by atoms with Gasteiger partial charge in [-0.15, -0.1) is 0 Å². The number of ether oxygens (including phenoxy) is 1. The summed E-state index contributed by atoms with van der Waals surface area (Å²) in [4.78, 5) is 28.1. The molecule has 28 heavy (non-hydrogen) atoms. The Morgan fingerprint density at radius 1 is 0.750 bits per heavy atom. The van der Waals surface area contributed by atoms with E-state index >= 15 is 0 Å². The fourth-order valence-electron chi connectivity index (χ4n) is 5.22. The number of hydrogen-bond acceptors (Lipinski definition) is 3. The Morgan fingerprint density at radius 2 is 1.39 bits per heavy atom. The molecule has 2 aromatic rings. The third kappa shape index (κ3) is 2.90. The van der Waals surface area contributed by atoms with Crippen LogP contribution < -0.4 is 4.74 Å². The molecule has 2 aromatic carbocycles. The van der Waals surface area contributed by atoms with Crippen LogP contribution in [0.1, 0.15) is 84.9 Å². The minimum atomic E-state index is -0.134. The number of amides is 2. The van der Waals surface area contributed by atoms with Crippen molar-refractivity contribution in [2.45, 2.75) is 76.4 Å². The predicted molar refractivity (Wildman–Crippen MR) is 109 cm³/mol. The van der Waals surface area contributed by atoms with Crippen LogP contribution in [0.15, 0.2) is 30.3 Å². The molecule has 0 spiro atoms. The molecule has 1 aliphatic heterocycles. The van der Waals surface area contributed by atoms with Crippen molar-refractivity contribution in [3.8, 4) is 5.75 Å². The van der Waals surface area contributed by atoms with Crippen molar-refractivity contribution in [2.24, 2.45) is 0 Å². The zero-order valence-corrected chi connectivity index (χ0v) is 16.3. The Hall–Kier alpha value is -2.36. The van der Waals surface area contributed by atoms with Crippen molar-refractivity contribution < 1.29 is 14.3 Å². The summed E-state index contributed by atoms with van der Waals surface area (Å²) >= 11 is 0. The van der Waals surface area contributed by atoms with Crippen LogP contribution in [-0.4, -0.2) is 28.9 Å². The Balaban J connectivity index is 1.55. The van der Waals surface area contributed by atoms with Gasteiger partial charge in [0, 0.05) is 27.9 Å². The van der Waals surface area contributed by atoms with Gasteiger partial charge in [0.15, 0.2) is 0 Å². The monoisotopic (exact) mass is 377 g/mol. The normalized spacial score (nSPS) is 21.4. The quantitative estimate of drug-likeness (QED) is 0.666. The van der Waals surface area contributed by atoms with Crippen LogP contribution in [0.2, 0.25) is 0 Å². The molecule has 5 rings (SSSR count). The molecule has 3 aliphatic rings. The summed E-state index contributed by atoms with van der Waals surface area (Å²) in [6.07, 6.45) is 11.3. The summed E-state index contributed by atoms with van der Waals surface area (Å²) in [6, 6.07) is 9.60. The van der Waals surface area contributed by atoms with E-state index in [1.165, 1.54) is 30.6 Å². The largest absolute Gasteiger partial charge is 0.490 e. The van der Waals surface area contributed by atoms with Crippen LogP contribution >= 0.6 is 0 Å². The molecule has 0 saturated heterocycles. The molecule has 2 saturated carbocycles. The smallest absolute Gasteiger partial charge is 0.261 e. The number of imide groups is 1. The van der Waals surface area contributed by atoms with Crippen molar-refractivity contribution in [3.05, 3.63) is 41.5 Å². The van der Waals surface area contributed by atoms with E-state index in [-0.39, 0.29) is 24.0 Å². The zero-order chi connectivity index (χ0) is 19.1. The number of rotatable bonds is 3. The van der Waals surface area contributed by atoms with Crippen LogP contribution in [0, 0.1) is 0 Å². The summed E-state index contributed by atoms with van der Waals surface area (Å²) in [5.41, 5.74) is 1.29. The van der Waals surface area contributed by atoms with Gasteiger partial charge in [-0.25, -0.2) is 0 Å². The highest BCUT2D eigenvalue weighted by Crippen LogP contribution is 2.38. The molecule has 2 fully saturated rings. The first-order valence-corrected chi connectivity index (χ1v) is 10.8. The fraction of sp³-hybridized carbons (Fsp3) is 0.500. The van der Waals surface area contributed by atoms with Gasteiger partial charge in [0.2, 0.25) is 0 Å². The molecule has 0 aromatic heterocycles. The molecule has 2 aliphatic carbocycles. The SMILES string of the molecule is O=C1c2cccc3c(OC4CCCCC4)ccc(c23)C(=O)N1C1CCCCC1. The van der Waals surface area contributed by atoms with E-state index in [1.54, 1.807) is 0 Å². The zero-order valence-electron chi connectivity index (χ0n) is 16.3. The van der Waals surface area contributed by atoms with E-state index in [9.17, 15) is 9.59 Å². The van der Waals surface area contributed by atoms with Gasteiger partial charge in [-0.05, 0) is 56.7 Å². The summed E-state index contributed by atoms with van der Waals surface area (Å²) in [5.74, 6) is 0.536. The molecule has 1 heterocycles. The van der Waals surface area contributed by atoms with Gasteiger partial charge >= 0.3 is 0 Å². The summed E-state index contributed by atoms with van der Waals surface area (Å²) in [7, 11) is 0. The van der Waals surface area contributed by atoms with Crippen molar-refractivity contribution in [1.82, 2.24) is 4.90 Å². The number of hydrogen-bond donors (Lipinski definition) is 0. The first-order valence-electron chi connectivity index (χ1n) is 10.8. The second-order valence-corrected chi connectivity index (χ2v) is 8.49. The maximum Gasteiger partial charge on any atom is 0.261 e. The molecule has 0 atom stereocenters. The van der Waals surface area contributed by atoms with Gasteiger partial charge in [0.05, 0.1) is 6.10 Å². The van der Waals surface area contributed by atoms with E-state index in [2.05, 4.69) is 0 Å². The van der Waals surface area contributed by atoms with Gasteiger partial charge in [-0.3, -0.25) is 14.5 Å². The number of benzene rings is 2. The first-order chi connectivity index (χ1) is 13.7. The Morgan fingerprint density at radius 3 is 2.11 bits per heavy atom. The van der Waals surface area contributed by atoms with E-state index in [4.69, 9.17) is 4.74 Å². The van der Waals surface area contributed by atoms with E-state index in [0.717, 1.165) is 55.0 Å². The highest BCUT2D eigenvalue weighted by Gasteiger charge is 2.38. The van der Waals surface area contributed by atoms with Gasteiger partial charge in [0.1, 0.15) is 5.75 Å². The van der Waals surface area contributed by atoms with E-state index < -0.39 is 0 Å². The highest BCUT2D eigenvalue weighted by molar-refractivity contribution is 6.26. The van der Waals surface area contributed by atoms with Crippen LogP contribution in [0.25, 0.3) is 10.8 Å². The molecule has 0 radical (unpaired) electrons. The van der Waals surface area contributed by atoms with E-state index in [1.807, 2.05) is 30.3 Å². The Bertz CT molecular complexity index is 901. The fourth-order valence-corrected chi connectivity index (χ4v) is 5.22. The first kappa shape index (κ1) is 17.7. The lowest BCUT2D eigenvalue weighted by Gasteiger charge is -2.36. The molecule has 0 bridgehead atoms. The van der Waals surface area contributed by atoms with Crippen LogP contribution in [-0.2, 0) is 0 Å². The number of nitrogens with zero attached hydrogens (tertiary/aromatic N) is 1. The van der Waals surface area contributed by atoms with Crippen molar-refractivity contribution in [3.63, 3.8) is 0 Å². The molecule has 146 valence electrons. The maximum atomic E-state index is 13.3. The van der Waals surface area contributed by atoms with Crippen molar-refractivity contribution >= 4 is 22.6 Å². The molecule has 0 N–H and O–H groups in total. The molecule has 0 unspecified atom stereocenters. The average Bonchev–Trinajstić information content (AvgIpc) is 2.74. The molecule has 4 nitrogen and oxygen atoms in total. The molecular weight excluding hydrogens is 350 g/mol. The van der Waals surface area contributed by atoms with Gasteiger partial charge in [-0.1, -0.05) is 37.8 Å². The topological polar surface area (TPSA) is 46.6 Å². The summed E-state index contributed by atoms with van der Waals surface area (Å²) < 4.78 is 6.32. The number of carbonyl (C=O) groups excluding carboxylic acids is 2. The average molecular weight is 377 g/mol. The maximum absolute atomic E-state index is 13.3. The lowest BCUT2D eigenvalue weighted by molar-refractivity contribution is 0.0503. The van der Waals surface area contributed by atoms with E-state index in [0.29, 0.717) is 11.1 Å². The van der Waals surface area contributed by atoms with Crippen LogP contribution in [0.3, 0.4) is 0 Å². The Labute approximate surface area is 165 Å². The van der Waals surface area contributed by atoms with Gasteiger partial charge in [0.25, 0.3) is 11.8 Å². The minimum Gasteiger partial charge on any atom is -0.490 e. The predicted octanol–water partition coefficient (Wildman–Crippen LogP) is 5.48. The molecule has 4 heteroatoms. The van der Waals surface area contributed by atoms with Crippen LogP contribution in [0.5, 0.6) is 5.75 Å². The summed E-state index contributed by atoms with van der Waals surface area (Å²) in [6.45, 7) is 0. The van der Waals surface area contributed by atoms with Gasteiger partial charge in [-0.2, -0.15) is 0 Å². The third-order valence-electron chi connectivity index (χ3n) is 6.68. The highest BCUT2D eigenvalue weighted by atomic mass is 16.5.